The van der Waals surface area contributed by atoms with Crippen molar-refractivity contribution in [2.45, 2.75) is 31.1 Å². The summed E-state index contributed by atoms with van der Waals surface area (Å²) in [6, 6.07) is 6.45. The number of carbonyl (C=O) groups is 3. The van der Waals surface area contributed by atoms with Crippen molar-refractivity contribution < 1.29 is 27.6 Å². The highest BCUT2D eigenvalue weighted by molar-refractivity contribution is 5.94. The zero-order valence-electron chi connectivity index (χ0n) is 13.8. The largest absolute Gasteiger partial charge is 0.471 e. The number of amides is 3. The molecule has 2 unspecified atom stereocenters. The summed E-state index contributed by atoms with van der Waals surface area (Å²) in [5.74, 6) is -3.02. The van der Waals surface area contributed by atoms with Gasteiger partial charge in [0, 0.05) is 19.6 Å². The first-order valence-electron chi connectivity index (χ1n) is 8.31. The molecular weight excluding hydrogens is 351 g/mol. The molecule has 2 aliphatic rings. The van der Waals surface area contributed by atoms with Crippen LogP contribution in [0.15, 0.2) is 30.3 Å². The van der Waals surface area contributed by atoms with E-state index in [1.165, 1.54) is 4.90 Å². The molecule has 2 saturated heterocycles. The van der Waals surface area contributed by atoms with Gasteiger partial charge in [-0.05, 0) is 18.4 Å². The number of rotatable bonds is 2. The molecule has 0 saturated carbocycles. The number of hydrogen-bond donors (Lipinski definition) is 1. The van der Waals surface area contributed by atoms with Gasteiger partial charge in [-0.2, -0.15) is 13.2 Å². The molecule has 1 aromatic rings. The summed E-state index contributed by atoms with van der Waals surface area (Å²) >= 11 is 0. The molecule has 0 radical (unpaired) electrons. The molecule has 0 aliphatic carbocycles. The number of alkyl halides is 3. The van der Waals surface area contributed by atoms with E-state index in [0.717, 1.165) is 0 Å². The summed E-state index contributed by atoms with van der Waals surface area (Å²) < 4.78 is 38.4. The van der Waals surface area contributed by atoms with Crippen LogP contribution >= 0.6 is 0 Å². The fourth-order valence-electron chi connectivity index (χ4n) is 3.49. The van der Waals surface area contributed by atoms with Crippen molar-refractivity contribution >= 4 is 17.7 Å². The van der Waals surface area contributed by atoms with Crippen LogP contribution < -0.4 is 5.32 Å². The molecule has 6 nitrogen and oxygen atoms in total. The number of halogens is 3. The number of hydrogen-bond acceptors (Lipinski definition) is 3. The van der Waals surface area contributed by atoms with Crippen LogP contribution in [0.4, 0.5) is 13.2 Å². The van der Waals surface area contributed by atoms with E-state index in [-0.39, 0.29) is 32.0 Å². The second kappa shape index (κ2) is 6.97. The minimum atomic E-state index is -5.03. The first-order chi connectivity index (χ1) is 12.3. The van der Waals surface area contributed by atoms with Crippen LogP contribution in [0.25, 0.3) is 0 Å². The van der Waals surface area contributed by atoms with E-state index in [0.29, 0.717) is 16.9 Å². The Morgan fingerprint density at radius 1 is 1.08 bits per heavy atom. The topological polar surface area (TPSA) is 69.7 Å². The minimum Gasteiger partial charge on any atom is -0.352 e. The lowest BCUT2D eigenvalue weighted by Crippen LogP contribution is -2.57. The lowest BCUT2D eigenvalue weighted by atomic mass is 10.0. The zero-order valence-corrected chi connectivity index (χ0v) is 13.8. The van der Waals surface area contributed by atoms with Crippen molar-refractivity contribution in [2.75, 3.05) is 19.6 Å². The molecular formula is C17H18F3N3O3. The summed E-state index contributed by atoms with van der Waals surface area (Å²) in [5, 5.41) is 2.67. The highest BCUT2D eigenvalue weighted by Crippen LogP contribution is 2.30. The molecule has 2 fully saturated rings. The summed E-state index contributed by atoms with van der Waals surface area (Å²) in [6.45, 7) is 0.271. The van der Waals surface area contributed by atoms with Gasteiger partial charge >= 0.3 is 12.1 Å². The maximum absolute atomic E-state index is 13.0. The fraction of sp³-hybridized carbons (Fsp3) is 0.471. The van der Waals surface area contributed by atoms with Crippen LogP contribution in [0.2, 0.25) is 0 Å². The molecule has 0 bridgehead atoms. The van der Waals surface area contributed by atoms with Crippen LogP contribution in [0, 0.1) is 0 Å². The van der Waals surface area contributed by atoms with Crippen LogP contribution in [-0.4, -0.2) is 59.4 Å². The summed E-state index contributed by atoms with van der Waals surface area (Å²) in [7, 11) is 0. The van der Waals surface area contributed by atoms with Crippen molar-refractivity contribution in [2.24, 2.45) is 0 Å². The molecule has 2 aliphatic heterocycles. The summed E-state index contributed by atoms with van der Waals surface area (Å²) in [6.07, 6.45) is -4.56. The summed E-state index contributed by atoms with van der Waals surface area (Å²) in [4.78, 5) is 38.8. The number of nitrogens with one attached hydrogen (secondary N) is 1. The third-order valence-corrected chi connectivity index (χ3v) is 4.65. The molecule has 3 rings (SSSR count). The molecule has 26 heavy (non-hydrogen) atoms. The van der Waals surface area contributed by atoms with Gasteiger partial charge in [0.2, 0.25) is 11.8 Å². The highest BCUT2D eigenvalue weighted by Gasteiger charge is 2.49. The van der Waals surface area contributed by atoms with Gasteiger partial charge in [0.25, 0.3) is 0 Å². The zero-order chi connectivity index (χ0) is 18.9. The van der Waals surface area contributed by atoms with E-state index in [1.54, 1.807) is 30.3 Å². The first-order valence-corrected chi connectivity index (χ1v) is 8.31. The van der Waals surface area contributed by atoms with Crippen molar-refractivity contribution in [1.82, 2.24) is 15.1 Å². The monoisotopic (exact) mass is 369 g/mol. The van der Waals surface area contributed by atoms with Gasteiger partial charge in [-0.1, -0.05) is 30.3 Å². The Morgan fingerprint density at radius 2 is 1.77 bits per heavy atom. The number of nitrogens with zero attached hydrogens (tertiary/aromatic N) is 2. The van der Waals surface area contributed by atoms with Crippen LogP contribution in [0.1, 0.15) is 24.4 Å². The SMILES string of the molecule is O=C1NCCN(C(=O)C2CCCN2C(=O)C(F)(F)F)C1c1ccccc1. The lowest BCUT2D eigenvalue weighted by Gasteiger charge is -2.38. The van der Waals surface area contributed by atoms with Crippen molar-refractivity contribution in [3.8, 4) is 0 Å². The average molecular weight is 369 g/mol. The number of piperazine rings is 1. The lowest BCUT2D eigenvalue weighted by molar-refractivity contribution is -0.187. The molecule has 1 aromatic carbocycles. The summed E-state index contributed by atoms with van der Waals surface area (Å²) in [5.41, 5.74) is 0.574. The quantitative estimate of drug-likeness (QED) is 0.853. The molecule has 0 spiro atoms. The first kappa shape index (κ1) is 18.2. The smallest absolute Gasteiger partial charge is 0.352 e. The second-order valence-electron chi connectivity index (χ2n) is 6.29. The van der Waals surface area contributed by atoms with Gasteiger partial charge in [0.05, 0.1) is 0 Å². The van der Waals surface area contributed by atoms with Gasteiger partial charge in [-0.15, -0.1) is 0 Å². The van der Waals surface area contributed by atoms with Crippen molar-refractivity contribution in [3.05, 3.63) is 35.9 Å². The molecule has 2 atom stereocenters. The van der Waals surface area contributed by atoms with E-state index in [9.17, 15) is 27.6 Å². The average Bonchev–Trinajstić information content (AvgIpc) is 3.09. The maximum atomic E-state index is 13.0. The molecule has 3 amide bonds. The van der Waals surface area contributed by atoms with Gasteiger partial charge in [-0.3, -0.25) is 14.4 Å². The molecule has 9 heteroatoms. The standard InChI is InChI=1S/C17H18F3N3O3/c18-17(19,20)16(26)22-9-4-7-12(22)15(25)23-10-8-21-14(24)13(23)11-5-2-1-3-6-11/h1-3,5-6,12-13H,4,7-10H2,(H,21,24). The minimum absolute atomic E-state index is 0.120. The molecule has 140 valence electrons. The molecule has 2 heterocycles. The van der Waals surface area contributed by atoms with E-state index < -0.39 is 30.1 Å². The molecule has 0 aromatic heterocycles. The van der Waals surface area contributed by atoms with E-state index in [2.05, 4.69) is 5.32 Å². The van der Waals surface area contributed by atoms with Crippen LogP contribution in [0.5, 0.6) is 0 Å². The Bertz CT molecular complexity index is 708. The van der Waals surface area contributed by atoms with Gasteiger partial charge in [-0.25, -0.2) is 0 Å². The fourth-order valence-corrected chi connectivity index (χ4v) is 3.49. The normalized spacial score (nSPS) is 23.7. The van der Waals surface area contributed by atoms with E-state index >= 15 is 0 Å². The predicted molar refractivity (Wildman–Crippen MR) is 84.7 cm³/mol. The third-order valence-electron chi connectivity index (χ3n) is 4.65. The Kier molecular flexibility index (Phi) is 4.88. The maximum Gasteiger partial charge on any atom is 0.471 e. The highest BCUT2D eigenvalue weighted by atomic mass is 19.4. The van der Waals surface area contributed by atoms with Crippen LogP contribution in [-0.2, 0) is 14.4 Å². The predicted octanol–water partition coefficient (Wildman–Crippen LogP) is 1.24. The van der Waals surface area contributed by atoms with E-state index in [1.807, 2.05) is 0 Å². The second-order valence-corrected chi connectivity index (χ2v) is 6.29. The third kappa shape index (κ3) is 3.38. The number of benzene rings is 1. The van der Waals surface area contributed by atoms with Gasteiger partial charge < -0.3 is 15.1 Å². The number of likely N-dealkylation sites (tertiary alicyclic amines) is 1. The van der Waals surface area contributed by atoms with Gasteiger partial charge in [0.1, 0.15) is 12.1 Å². The Hall–Kier alpha value is -2.58. The van der Waals surface area contributed by atoms with Crippen molar-refractivity contribution in [1.29, 1.82) is 0 Å². The van der Waals surface area contributed by atoms with Gasteiger partial charge in [0.15, 0.2) is 0 Å². The Morgan fingerprint density at radius 3 is 2.42 bits per heavy atom. The molecule has 1 N–H and O–H groups in total. The Balaban J connectivity index is 1.87. The van der Waals surface area contributed by atoms with E-state index in [4.69, 9.17) is 0 Å². The van der Waals surface area contributed by atoms with Crippen molar-refractivity contribution in [3.63, 3.8) is 0 Å². The Labute approximate surface area is 147 Å². The van der Waals surface area contributed by atoms with Crippen LogP contribution in [0.3, 0.4) is 0 Å². The number of carbonyl (C=O) groups excluding carboxylic acids is 3.